The summed E-state index contributed by atoms with van der Waals surface area (Å²) in [4.78, 5) is 112. The Hall–Kier alpha value is -4.37. The summed E-state index contributed by atoms with van der Waals surface area (Å²) < 4.78 is 0. The Balaban J connectivity index is 0.0000230. The normalized spacial score (nSPS) is 19.6. The summed E-state index contributed by atoms with van der Waals surface area (Å²) in [7, 11) is 2.96. The molecule has 22 heteroatoms. The van der Waals surface area contributed by atoms with Crippen LogP contribution in [0, 0.1) is 15.6 Å². The van der Waals surface area contributed by atoms with Crippen LogP contribution in [0.1, 0.15) is 57.8 Å². The Kier molecular flexibility index (Phi) is 21.0. The zero-order valence-electron chi connectivity index (χ0n) is 27.3. The van der Waals surface area contributed by atoms with Crippen LogP contribution in [-0.2, 0) is 60.2 Å². The van der Waals surface area contributed by atoms with E-state index in [2.05, 4.69) is 31.9 Å². The first-order valence-corrected chi connectivity index (χ1v) is 15.0. The molecule has 1 aliphatic rings. The molecule has 0 saturated carbocycles. The third-order valence-electron chi connectivity index (χ3n) is 6.94. The molecule has 1 fully saturated rings. The maximum Gasteiger partial charge on any atom is 3.00 e. The van der Waals surface area contributed by atoms with Crippen molar-refractivity contribution in [3.63, 3.8) is 0 Å². The number of hydrogen-bond acceptors (Lipinski definition) is 12. The molecule has 49 heavy (non-hydrogen) atoms. The molecule has 1 radical (unpaired) electrons. The Labute approximate surface area is 292 Å². The summed E-state index contributed by atoms with van der Waals surface area (Å²) in [5.41, 5.74) is 0. The molecule has 0 aromatic rings. The second kappa shape index (κ2) is 23.1. The van der Waals surface area contributed by atoms with Crippen molar-refractivity contribution in [2.75, 3.05) is 40.8 Å². The van der Waals surface area contributed by atoms with Crippen LogP contribution >= 0.6 is 0 Å². The van der Waals surface area contributed by atoms with E-state index in [1.165, 1.54) is 0 Å². The van der Waals surface area contributed by atoms with Crippen molar-refractivity contribution in [2.45, 2.75) is 75.9 Å². The van der Waals surface area contributed by atoms with Crippen LogP contribution < -0.4 is 31.9 Å². The summed E-state index contributed by atoms with van der Waals surface area (Å²) in [5, 5.41) is 48.1. The van der Waals surface area contributed by atoms with E-state index in [1.54, 1.807) is 0 Å². The molecule has 1 rings (SSSR count). The minimum absolute atomic E-state index is 0. The van der Waals surface area contributed by atoms with Gasteiger partial charge in [0.1, 0.15) is 18.1 Å². The molecule has 275 valence electrons. The van der Waals surface area contributed by atoms with Crippen LogP contribution in [0.5, 0.6) is 0 Å². The molecule has 21 nitrogen and oxygen atoms in total. The molecular weight excluding hydrogens is 698 g/mol. The van der Waals surface area contributed by atoms with Crippen LogP contribution in [0.15, 0.2) is 0 Å². The van der Waals surface area contributed by atoms with Gasteiger partial charge in [-0.25, -0.2) is 0 Å². The minimum atomic E-state index is -1.46. The molecule has 3 unspecified atom stereocenters. The van der Waals surface area contributed by atoms with E-state index in [9.17, 15) is 58.8 Å². The number of nitrogens with zero attached hydrogens (tertiary/aromatic N) is 3. The SMILES string of the molecule is CN([O-])C(=O)CCCC1NC(=O)CNC(=O)CNC(=O)CNC(=O)C(CCCC(=O)N(C)[O-])NC(=O)C(CCCC(=O)N(C)[O-])NC1=O.[Fe+3]. The van der Waals surface area contributed by atoms with E-state index < -0.39 is 90.9 Å². The second-order valence-corrected chi connectivity index (χ2v) is 10.9. The van der Waals surface area contributed by atoms with Gasteiger partial charge in [-0.1, -0.05) is 0 Å². The van der Waals surface area contributed by atoms with E-state index >= 15 is 0 Å². The summed E-state index contributed by atoms with van der Waals surface area (Å²) in [6.45, 7) is -1.83. The van der Waals surface area contributed by atoms with Crippen molar-refractivity contribution >= 4 is 53.2 Å². The molecule has 6 N–H and O–H groups in total. The third kappa shape index (κ3) is 18.1. The molecule has 0 aromatic heterocycles. The van der Waals surface area contributed by atoms with Gasteiger partial charge < -0.3 is 62.7 Å². The van der Waals surface area contributed by atoms with Crippen LogP contribution in [0.25, 0.3) is 0 Å². The number of rotatable bonds is 12. The van der Waals surface area contributed by atoms with Gasteiger partial charge in [-0.15, -0.1) is 0 Å². The molecular formula is C27H42FeN9O12. The van der Waals surface area contributed by atoms with Gasteiger partial charge in [0.05, 0.1) is 19.6 Å². The fraction of sp³-hybridized carbons (Fsp3) is 0.667. The van der Waals surface area contributed by atoms with Gasteiger partial charge >= 0.3 is 17.1 Å². The van der Waals surface area contributed by atoms with E-state index in [1.807, 2.05) is 0 Å². The van der Waals surface area contributed by atoms with Gasteiger partial charge in [0.25, 0.3) is 0 Å². The molecule has 0 aliphatic carbocycles. The Morgan fingerprint density at radius 2 is 0.837 bits per heavy atom. The molecule has 1 saturated heterocycles. The maximum atomic E-state index is 13.5. The first-order chi connectivity index (χ1) is 22.5. The average molecular weight is 741 g/mol. The van der Waals surface area contributed by atoms with Crippen LogP contribution in [0.2, 0.25) is 0 Å². The van der Waals surface area contributed by atoms with Crippen molar-refractivity contribution < 1.29 is 60.2 Å². The fourth-order valence-electron chi connectivity index (χ4n) is 4.21. The number of carbonyl (C=O) groups is 9. The number of nitrogens with one attached hydrogen (secondary N) is 6. The van der Waals surface area contributed by atoms with Crippen molar-refractivity contribution in [1.82, 2.24) is 47.1 Å². The van der Waals surface area contributed by atoms with E-state index in [0.29, 0.717) is 0 Å². The first-order valence-electron chi connectivity index (χ1n) is 15.0. The predicted octanol–water partition coefficient (Wildman–Crippen LogP) is -3.82. The number of hydrogen-bond donors (Lipinski definition) is 6. The fourth-order valence-corrected chi connectivity index (χ4v) is 4.21. The number of carbonyl (C=O) groups excluding carboxylic acids is 9. The summed E-state index contributed by atoms with van der Waals surface area (Å²) in [6.07, 6.45) is -1.69. The van der Waals surface area contributed by atoms with Crippen molar-refractivity contribution in [1.29, 1.82) is 0 Å². The minimum Gasteiger partial charge on any atom is -0.756 e. The number of amides is 9. The topological polar surface area (TPSA) is 305 Å². The zero-order valence-corrected chi connectivity index (χ0v) is 28.4. The van der Waals surface area contributed by atoms with Crippen molar-refractivity contribution in [2.24, 2.45) is 0 Å². The van der Waals surface area contributed by atoms with E-state index in [4.69, 9.17) is 0 Å². The molecule has 1 aliphatic heterocycles. The van der Waals surface area contributed by atoms with Gasteiger partial charge in [0.2, 0.25) is 53.2 Å². The number of hydroxylamine groups is 6. The first kappa shape index (κ1) is 44.6. The summed E-state index contributed by atoms with van der Waals surface area (Å²) >= 11 is 0. The smallest absolute Gasteiger partial charge is 0.756 e. The predicted molar refractivity (Wildman–Crippen MR) is 165 cm³/mol. The molecule has 0 aromatic carbocycles. The molecule has 1 heterocycles. The summed E-state index contributed by atoms with van der Waals surface area (Å²) in [6, 6.07) is -4.24. The van der Waals surface area contributed by atoms with Crippen LogP contribution in [0.4, 0.5) is 0 Å². The average Bonchev–Trinajstić information content (AvgIpc) is 3.02. The maximum absolute atomic E-state index is 13.5. The monoisotopic (exact) mass is 740 g/mol. The molecule has 0 spiro atoms. The largest absolute Gasteiger partial charge is 3.00 e. The quantitative estimate of drug-likeness (QED) is 0.0829. The van der Waals surface area contributed by atoms with Crippen molar-refractivity contribution in [3.8, 4) is 0 Å². The van der Waals surface area contributed by atoms with Gasteiger partial charge in [0, 0.05) is 19.3 Å². The van der Waals surface area contributed by atoms with Gasteiger partial charge in [-0.05, 0) is 59.7 Å². The van der Waals surface area contributed by atoms with Gasteiger partial charge in [0.15, 0.2) is 0 Å². The Bertz CT molecular complexity index is 1180. The molecule has 9 amide bonds. The standard InChI is InChI=1S/C27H42N9O12.Fe/c1-34(46)22(40)10-4-7-16-25(43)30-14-20(38)28-13-19(37)29-15-21(39)31-17(8-5-11-23(41)35(2)47)26(44)33-18(27(45)32-16)9-6-12-24(42)36(3)48;/h16-18H,4-15H2,1-3H3,(H,28,38)(H,29,37)(H,30,43)(H,31,39)(H,32,45)(H,33,44);/q-3;+3. The third-order valence-corrected chi connectivity index (χ3v) is 6.94. The van der Waals surface area contributed by atoms with Crippen LogP contribution in [-0.4, -0.2) is 127 Å². The van der Waals surface area contributed by atoms with E-state index in [0.717, 1.165) is 21.1 Å². The molecule has 3 atom stereocenters. The summed E-state index contributed by atoms with van der Waals surface area (Å²) in [5.74, 6) is -7.58. The van der Waals surface area contributed by atoms with Crippen LogP contribution in [0.3, 0.4) is 0 Å². The zero-order chi connectivity index (χ0) is 36.4. The Morgan fingerprint density at radius 1 is 0.531 bits per heavy atom. The van der Waals surface area contributed by atoms with E-state index in [-0.39, 0.29) is 90.0 Å². The molecule has 0 bridgehead atoms. The second-order valence-electron chi connectivity index (χ2n) is 10.9. The Morgan fingerprint density at radius 3 is 1.20 bits per heavy atom. The van der Waals surface area contributed by atoms with Crippen molar-refractivity contribution in [3.05, 3.63) is 15.6 Å². The van der Waals surface area contributed by atoms with Gasteiger partial charge in [-0.3, -0.25) is 43.2 Å². The van der Waals surface area contributed by atoms with Gasteiger partial charge in [-0.2, -0.15) is 0 Å².